The van der Waals surface area contributed by atoms with Crippen LogP contribution in [0.4, 0.5) is 26.3 Å². The lowest BCUT2D eigenvalue weighted by molar-refractivity contribution is -0.138. The summed E-state index contributed by atoms with van der Waals surface area (Å²) < 4.78 is 78.5. The third-order valence-electron chi connectivity index (χ3n) is 4.41. The molecule has 2 heterocycles. The fourth-order valence-corrected chi connectivity index (χ4v) is 3.29. The van der Waals surface area contributed by atoms with Gasteiger partial charge in [0.2, 0.25) is 0 Å². The standard InChI is InChI=1S/C20H10ClF6N3/c21-14-8-12(19(22,23)24)9-15-17(14)30-18(29-15)11-5-3-10(4-6-11)16-13(20(25,26)27)2-1-7-28-16/h1-9H,(H,29,30). The smallest absolute Gasteiger partial charge is 0.338 e. The van der Waals surface area contributed by atoms with Crippen molar-refractivity contribution < 1.29 is 26.3 Å². The van der Waals surface area contributed by atoms with Crippen LogP contribution in [0.15, 0.2) is 54.7 Å². The second kappa shape index (κ2) is 7.02. The lowest BCUT2D eigenvalue weighted by Gasteiger charge is -2.11. The van der Waals surface area contributed by atoms with E-state index in [1.54, 1.807) is 0 Å². The Balaban J connectivity index is 1.74. The molecular weight excluding hydrogens is 432 g/mol. The maximum atomic E-state index is 13.2. The van der Waals surface area contributed by atoms with Gasteiger partial charge in [0, 0.05) is 17.3 Å². The first-order valence-electron chi connectivity index (χ1n) is 8.43. The third-order valence-corrected chi connectivity index (χ3v) is 4.70. The van der Waals surface area contributed by atoms with Gasteiger partial charge in [-0.2, -0.15) is 26.3 Å². The summed E-state index contributed by atoms with van der Waals surface area (Å²) in [6, 6.07) is 9.70. The van der Waals surface area contributed by atoms with Crippen LogP contribution >= 0.6 is 11.6 Å². The van der Waals surface area contributed by atoms with Crippen molar-refractivity contribution in [3.8, 4) is 22.6 Å². The van der Waals surface area contributed by atoms with Crippen molar-refractivity contribution in [2.24, 2.45) is 0 Å². The molecule has 0 amide bonds. The van der Waals surface area contributed by atoms with Gasteiger partial charge in [0.25, 0.3) is 0 Å². The van der Waals surface area contributed by atoms with E-state index in [0.29, 0.717) is 5.56 Å². The minimum Gasteiger partial charge on any atom is -0.338 e. The first kappa shape index (κ1) is 20.2. The second-order valence-electron chi connectivity index (χ2n) is 6.41. The number of hydrogen-bond acceptors (Lipinski definition) is 2. The monoisotopic (exact) mass is 441 g/mol. The highest BCUT2D eigenvalue weighted by atomic mass is 35.5. The van der Waals surface area contributed by atoms with Gasteiger partial charge in [0.1, 0.15) is 11.3 Å². The van der Waals surface area contributed by atoms with E-state index in [-0.39, 0.29) is 33.1 Å². The Kier molecular flexibility index (Phi) is 4.73. The molecule has 4 rings (SSSR count). The molecule has 1 N–H and O–H groups in total. The van der Waals surface area contributed by atoms with Gasteiger partial charge in [-0.15, -0.1) is 0 Å². The number of alkyl halides is 6. The van der Waals surface area contributed by atoms with Crippen molar-refractivity contribution in [2.75, 3.05) is 0 Å². The van der Waals surface area contributed by atoms with E-state index in [4.69, 9.17) is 11.6 Å². The van der Waals surface area contributed by atoms with Gasteiger partial charge < -0.3 is 4.98 Å². The molecule has 0 bridgehead atoms. The SMILES string of the molecule is FC(F)(F)c1cc(Cl)c2nc(-c3ccc(-c4ncccc4C(F)(F)F)cc3)[nH]c2c1. The fraction of sp³-hybridized carbons (Fsp3) is 0.100. The number of nitrogens with one attached hydrogen (secondary N) is 1. The number of imidazole rings is 1. The first-order valence-corrected chi connectivity index (χ1v) is 8.81. The zero-order chi connectivity index (χ0) is 21.7. The quantitative estimate of drug-likeness (QED) is 0.341. The molecule has 2 aromatic carbocycles. The van der Waals surface area contributed by atoms with Gasteiger partial charge in [-0.25, -0.2) is 4.98 Å². The highest BCUT2D eigenvalue weighted by molar-refractivity contribution is 6.35. The van der Waals surface area contributed by atoms with Crippen LogP contribution in [0.5, 0.6) is 0 Å². The van der Waals surface area contributed by atoms with Crippen LogP contribution in [0.2, 0.25) is 5.02 Å². The lowest BCUT2D eigenvalue weighted by Crippen LogP contribution is -2.08. The van der Waals surface area contributed by atoms with E-state index in [0.717, 1.165) is 18.2 Å². The molecule has 0 saturated heterocycles. The predicted octanol–water partition coefficient (Wildman–Crippen LogP) is 6.98. The number of aromatic nitrogens is 3. The highest BCUT2D eigenvalue weighted by Crippen LogP contribution is 2.37. The summed E-state index contributed by atoms with van der Waals surface area (Å²) in [5.41, 5.74) is -1.05. The molecule has 0 aliphatic carbocycles. The lowest BCUT2D eigenvalue weighted by atomic mass is 10.0. The first-order chi connectivity index (χ1) is 14.0. The molecule has 0 fully saturated rings. The van der Waals surface area contributed by atoms with E-state index in [1.165, 1.54) is 36.5 Å². The van der Waals surface area contributed by atoms with Crippen molar-refractivity contribution >= 4 is 22.6 Å². The van der Waals surface area contributed by atoms with Gasteiger partial charge in [0.15, 0.2) is 0 Å². The van der Waals surface area contributed by atoms with E-state index >= 15 is 0 Å². The summed E-state index contributed by atoms with van der Waals surface area (Å²) in [5.74, 6) is 0.231. The Morgan fingerprint density at radius 2 is 1.50 bits per heavy atom. The Bertz CT molecular complexity index is 1230. The second-order valence-corrected chi connectivity index (χ2v) is 6.82. The Labute approximate surface area is 170 Å². The molecule has 30 heavy (non-hydrogen) atoms. The summed E-state index contributed by atoms with van der Waals surface area (Å²) in [7, 11) is 0. The summed E-state index contributed by atoms with van der Waals surface area (Å²) in [6.45, 7) is 0. The van der Waals surface area contributed by atoms with Crippen molar-refractivity contribution in [3.05, 3.63) is 70.9 Å². The fourth-order valence-electron chi connectivity index (χ4n) is 3.03. The number of aromatic amines is 1. The number of halogens is 7. The average Bonchev–Trinajstić information content (AvgIpc) is 3.12. The molecule has 0 saturated carbocycles. The van der Waals surface area contributed by atoms with E-state index in [9.17, 15) is 26.3 Å². The number of rotatable bonds is 2. The van der Waals surface area contributed by atoms with Gasteiger partial charge in [-0.3, -0.25) is 4.98 Å². The van der Waals surface area contributed by atoms with E-state index in [1.807, 2.05) is 0 Å². The number of hydrogen-bond donors (Lipinski definition) is 1. The van der Waals surface area contributed by atoms with Crippen molar-refractivity contribution in [2.45, 2.75) is 12.4 Å². The summed E-state index contributed by atoms with van der Waals surface area (Å²) in [6.07, 6.45) is -7.87. The van der Waals surface area contributed by atoms with Crippen LogP contribution in [0.3, 0.4) is 0 Å². The molecule has 0 radical (unpaired) electrons. The molecule has 0 unspecified atom stereocenters. The summed E-state index contributed by atoms with van der Waals surface area (Å²) in [5, 5.41) is -0.165. The molecule has 0 atom stereocenters. The molecule has 3 nitrogen and oxygen atoms in total. The molecule has 0 spiro atoms. The zero-order valence-corrected chi connectivity index (χ0v) is 15.5. The normalized spacial score (nSPS) is 12.5. The Morgan fingerprint density at radius 3 is 2.13 bits per heavy atom. The van der Waals surface area contributed by atoms with Crippen LogP contribution in [0, 0.1) is 0 Å². The number of nitrogens with zero attached hydrogens (tertiary/aromatic N) is 2. The number of benzene rings is 2. The van der Waals surface area contributed by atoms with Crippen LogP contribution < -0.4 is 0 Å². The maximum Gasteiger partial charge on any atom is 0.418 e. The zero-order valence-electron chi connectivity index (χ0n) is 14.7. The van der Waals surface area contributed by atoms with Crippen molar-refractivity contribution in [1.29, 1.82) is 0 Å². The number of H-pyrrole nitrogens is 1. The molecule has 154 valence electrons. The van der Waals surface area contributed by atoms with Crippen LogP contribution in [0.1, 0.15) is 11.1 Å². The van der Waals surface area contributed by atoms with Crippen LogP contribution in [-0.4, -0.2) is 15.0 Å². The molecule has 4 aromatic rings. The maximum absolute atomic E-state index is 13.2. The average molecular weight is 442 g/mol. The van der Waals surface area contributed by atoms with Gasteiger partial charge in [-0.05, 0) is 24.3 Å². The van der Waals surface area contributed by atoms with Crippen LogP contribution in [-0.2, 0) is 12.4 Å². The number of pyridine rings is 1. The highest BCUT2D eigenvalue weighted by Gasteiger charge is 2.34. The van der Waals surface area contributed by atoms with Gasteiger partial charge in [-0.1, -0.05) is 35.9 Å². The van der Waals surface area contributed by atoms with Crippen molar-refractivity contribution in [1.82, 2.24) is 15.0 Å². The largest absolute Gasteiger partial charge is 0.418 e. The van der Waals surface area contributed by atoms with Crippen molar-refractivity contribution in [3.63, 3.8) is 0 Å². The summed E-state index contributed by atoms with van der Waals surface area (Å²) >= 11 is 5.94. The van der Waals surface area contributed by atoms with Gasteiger partial charge in [0.05, 0.1) is 27.4 Å². The Morgan fingerprint density at radius 1 is 0.833 bits per heavy atom. The number of fused-ring (bicyclic) bond motifs is 1. The summed E-state index contributed by atoms with van der Waals surface area (Å²) in [4.78, 5) is 10.8. The minimum absolute atomic E-state index is 0.0954. The molecule has 0 aliphatic rings. The molecule has 10 heteroatoms. The minimum atomic E-state index is -4.57. The molecule has 2 aromatic heterocycles. The molecular formula is C20H10ClF6N3. The van der Waals surface area contributed by atoms with E-state index in [2.05, 4.69) is 15.0 Å². The van der Waals surface area contributed by atoms with Gasteiger partial charge >= 0.3 is 12.4 Å². The third kappa shape index (κ3) is 3.72. The Hall–Kier alpha value is -3.07. The van der Waals surface area contributed by atoms with E-state index < -0.39 is 23.5 Å². The molecule has 0 aliphatic heterocycles. The van der Waals surface area contributed by atoms with Crippen LogP contribution in [0.25, 0.3) is 33.7 Å². The topological polar surface area (TPSA) is 41.6 Å². The predicted molar refractivity (Wildman–Crippen MR) is 99.8 cm³/mol.